The molecule has 1 heterocycles. The van der Waals surface area contributed by atoms with E-state index in [-0.39, 0.29) is 14.8 Å². The average molecular weight is 335 g/mol. The van der Waals surface area contributed by atoms with Gasteiger partial charge in [0.25, 0.3) is 0 Å². The van der Waals surface area contributed by atoms with Crippen molar-refractivity contribution in [3.05, 3.63) is 21.0 Å². The number of alkyl halides is 4. The normalized spacial score (nSPS) is 11.6. The van der Waals surface area contributed by atoms with Gasteiger partial charge < -0.3 is 4.74 Å². The van der Waals surface area contributed by atoms with E-state index >= 15 is 0 Å². The molecule has 0 fully saturated rings. The molecule has 84 valence electrons. The van der Waals surface area contributed by atoms with E-state index in [1.807, 2.05) is 0 Å². The van der Waals surface area contributed by atoms with Gasteiger partial charge in [-0.05, 0) is 29.5 Å². The van der Waals surface area contributed by atoms with E-state index in [0.717, 1.165) is 0 Å². The number of pyridine rings is 1. The van der Waals surface area contributed by atoms with Gasteiger partial charge in [-0.3, -0.25) is 0 Å². The molecule has 1 aromatic rings. The van der Waals surface area contributed by atoms with Crippen LogP contribution in [0.15, 0.2) is 6.20 Å². The standard InChI is InChI=1S/C8H6F4INO/c1-4-3-14-7(13)5(2-9)6(4)15-8(10,11)12/h3H,2H2,1H3. The second kappa shape index (κ2) is 4.50. The van der Waals surface area contributed by atoms with Gasteiger partial charge in [0, 0.05) is 11.8 Å². The van der Waals surface area contributed by atoms with Crippen molar-refractivity contribution in [2.24, 2.45) is 0 Å². The molecule has 2 nitrogen and oxygen atoms in total. The molecule has 1 aromatic heterocycles. The topological polar surface area (TPSA) is 22.1 Å². The Bertz CT molecular complexity index is 366. The molecule has 0 radical (unpaired) electrons. The molecule has 0 aliphatic carbocycles. The Balaban J connectivity index is 3.20. The molecule has 0 aliphatic heterocycles. The third kappa shape index (κ3) is 3.18. The number of rotatable bonds is 2. The monoisotopic (exact) mass is 335 g/mol. The molecule has 15 heavy (non-hydrogen) atoms. The molecule has 0 saturated heterocycles. The molecule has 7 heteroatoms. The highest BCUT2D eigenvalue weighted by molar-refractivity contribution is 14.1. The van der Waals surface area contributed by atoms with Crippen molar-refractivity contribution in [2.45, 2.75) is 20.0 Å². The molecule has 0 atom stereocenters. The first-order chi connectivity index (χ1) is 6.85. The highest BCUT2D eigenvalue weighted by Gasteiger charge is 2.33. The summed E-state index contributed by atoms with van der Waals surface area (Å²) in [6.45, 7) is 0.335. The minimum absolute atomic E-state index is 0.153. The van der Waals surface area contributed by atoms with Gasteiger partial charge in [0.2, 0.25) is 0 Å². The average Bonchev–Trinajstić information content (AvgIpc) is 2.10. The Labute approximate surface area is 96.8 Å². The van der Waals surface area contributed by atoms with Crippen LogP contribution in [0.4, 0.5) is 17.6 Å². The van der Waals surface area contributed by atoms with E-state index in [1.54, 1.807) is 22.6 Å². The van der Waals surface area contributed by atoms with E-state index in [0.29, 0.717) is 0 Å². The zero-order chi connectivity index (χ0) is 11.6. The number of ether oxygens (including phenoxy) is 1. The van der Waals surface area contributed by atoms with Gasteiger partial charge >= 0.3 is 6.36 Å². The van der Waals surface area contributed by atoms with Crippen LogP contribution in [-0.2, 0) is 6.67 Å². The van der Waals surface area contributed by atoms with E-state index in [4.69, 9.17) is 0 Å². The summed E-state index contributed by atoms with van der Waals surface area (Å²) in [4.78, 5) is 3.74. The Hall–Kier alpha value is -0.600. The Morgan fingerprint density at radius 3 is 2.53 bits per heavy atom. The lowest BCUT2D eigenvalue weighted by molar-refractivity contribution is -0.275. The van der Waals surface area contributed by atoms with Crippen LogP contribution in [0.1, 0.15) is 11.1 Å². The van der Waals surface area contributed by atoms with E-state index in [2.05, 4.69) is 9.72 Å². The van der Waals surface area contributed by atoms with Crippen LogP contribution in [0.25, 0.3) is 0 Å². The molecule has 0 aromatic carbocycles. The van der Waals surface area contributed by atoms with Crippen molar-refractivity contribution in [2.75, 3.05) is 0 Å². The second-order valence-electron chi connectivity index (χ2n) is 2.72. The number of aromatic nitrogens is 1. The quantitative estimate of drug-likeness (QED) is 0.470. The fraction of sp³-hybridized carbons (Fsp3) is 0.375. The fourth-order valence-electron chi connectivity index (χ4n) is 0.995. The lowest BCUT2D eigenvalue weighted by Gasteiger charge is -2.14. The number of hydrogen-bond donors (Lipinski definition) is 0. The van der Waals surface area contributed by atoms with Crippen molar-refractivity contribution in [1.29, 1.82) is 0 Å². The minimum atomic E-state index is -4.82. The summed E-state index contributed by atoms with van der Waals surface area (Å²) < 4.78 is 52.4. The first-order valence-corrected chi connectivity index (χ1v) is 4.88. The maximum Gasteiger partial charge on any atom is 0.573 e. The Morgan fingerprint density at radius 1 is 1.47 bits per heavy atom. The number of aryl methyl sites for hydroxylation is 1. The molecular formula is C8H6F4INO. The molecule has 0 N–H and O–H groups in total. The van der Waals surface area contributed by atoms with E-state index in [1.165, 1.54) is 13.1 Å². The Kier molecular flexibility index (Phi) is 3.74. The lowest BCUT2D eigenvalue weighted by Crippen LogP contribution is -2.19. The minimum Gasteiger partial charge on any atom is -0.405 e. The SMILES string of the molecule is Cc1cnc(I)c(CF)c1OC(F)(F)F. The molecule has 0 bridgehead atoms. The van der Waals surface area contributed by atoms with Gasteiger partial charge in [-0.25, -0.2) is 9.37 Å². The summed E-state index contributed by atoms with van der Waals surface area (Å²) in [5, 5.41) is 0. The van der Waals surface area contributed by atoms with Crippen LogP contribution < -0.4 is 4.74 Å². The van der Waals surface area contributed by atoms with Crippen LogP contribution in [0, 0.1) is 10.6 Å². The van der Waals surface area contributed by atoms with Crippen molar-refractivity contribution in [3.8, 4) is 5.75 Å². The summed E-state index contributed by atoms with van der Waals surface area (Å²) in [6.07, 6.45) is -3.61. The summed E-state index contributed by atoms with van der Waals surface area (Å²) in [5.41, 5.74) is -0.0201. The molecule has 0 saturated carbocycles. The predicted octanol–water partition coefficient (Wildman–Crippen LogP) is 3.36. The fourth-order valence-corrected chi connectivity index (χ4v) is 1.52. The zero-order valence-corrected chi connectivity index (χ0v) is 9.69. The highest BCUT2D eigenvalue weighted by Crippen LogP contribution is 2.32. The van der Waals surface area contributed by atoms with Crippen molar-refractivity contribution in [1.82, 2.24) is 4.98 Å². The molecule has 1 rings (SSSR count). The first-order valence-electron chi connectivity index (χ1n) is 3.81. The summed E-state index contributed by atoms with van der Waals surface area (Å²) in [7, 11) is 0. The van der Waals surface area contributed by atoms with Crippen LogP contribution in [0.3, 0.4) is 0 Å². The van der Waals surface area contributed by atoms with Crippen LogP contribution in [0.2, 0.25) is 0 Å². The number of halogens is 5. The molecule has 0 unspecified atom stereocenters. The zero-order valence-electron chi connectivity index (χ0n) is 7.53. The molecule has 0 amide bonds. The van der Waals surface area contributed by atoms with Crippen molar-refractivity contribution < 1.29 is 22.3 Å². The van der Waals surface area contributed by atoms with Crippen molar-refractivity contribution in [3.63, 3.8) is 0 Å². The van der Waals surface area contributed by atoms with Gasteiger partial charge in [-0.1, -0.05) is 0 Å². The summed E-state index contributed by atoms with van der Waals surface area (Å²) in [6, 6.07) is 0. The van der Waals surface area contributed by atoms with Gasteiger partial charge in [0.15, 0.2) is 0 Å². The van der Waals surface area contributed by atoms with Crippen LogP contribution >= 0.6 is 22.6 Å². The lowest BCUT2D eigenvalue weighted by atomic mass is 10.2. The second-order valence-corrected chi connectivity index (χ2v) is 3.74. The highest BCUT2D eigenvalue weighted by atomic mass is 127. The van der Waals surface area contributed by atoms with Gasteiger partial charge in [0.1, 0.15) is 16.1 Å². The summed E-state index contributed by atoms with van der Waals surface area (Å²) >= 11 is 1.66. The van der Waals surface area contributed by atoms with Crippen LogP contribution in [0.5, 0.6) is 5.75 Å². The van der Waals surface area contributed by atoms with E-state index < -0.39 is 18.8 Å². The third-order valence-corrected chi connectivity index (χ3v) is 2.53. The molecule has 0 spiro atoms. The number of hydrogen-bond acceptors (Lipinski definition) is 2. The van der Waals surface area contributed by atoms with Crippen LogP contribution in [-0.4, -0.2) is 11.3 Å². The maximum atomic E-state index is 12.5. The Morgan fingerprint density at radius 2 is 2.07 bits per heavy atom. The first kappa shape index (κ1) is 12.5. The van der Waals surface area contributed by atoms with Gasteiger partial charge in [-0.2, -0.15) is 0 Å². The summed E-state index contributed by atoms with van der Waals surface area (Å²) in [5.74, 6) is -0.496. The van der Waals surface area contributed by atoms with Crippen molar-refractivity contribution >= 4 is 22.6 Å². The maximum absolute atomic E-state index is 12.5. The smallest absolute Gasteiger partial charge is 0.405 e. The number of nitrogens with zero attached hydrogens (tertiary/aromatic N) is 1. The van der Waals surface area contributed by atoms with E-state index in [9.17, 15) is 17.6 Å². The van der Waals surface area contributed by atoms with Gasteiger partial charge in [-0.15, -0.1) is 13.2 Å². The third-order valence-electron chi connectivity index (χ3n) is 1.60. The molecule has 0 aliphatic rings. The predicted molar refractivity (Wildman–Crippen MR) is 53.2 cm³/mol. The largest absolute Gasteiger partial charge is 0.573 e. The molecular weight excluding hydrogens is 329 g/mol. The van der Waals surface area contributed by atoms with Gasteiger partial charge in [0.05, 0.1) is 5.56 Å².